The van der Waals surface area contributed by atoms with Gasteiger partial charge in [0, 0.05) is 23.7 Å². The lowest BCUT2D eigenvalue weighted by Gasteiger charge is -2.13. The summed E-state index contributed by atoms with van der Waals surface area (Å²) < 4.78 is 21.6. The van der Waals surface area contributed by atoms with Crippen LogP contribution in [0.1, 0.15) is 5.56 Å². The molecule has 0 amide bonds. The molecule has 164 valence electrons. The smallest absolute Gasteiger partial charge is 0.277 e. The van der Waals surface area contributed by atoms with Gasteiger partial charge in [0.2, 0.25) is 0 Å². The van der Waals surface area contributed by atoms with Crippen molar-refractivity contribution in [2.75, 3.05) is 27.2 Å². The zero-order valence-corrected chi connectivity index (χ0v) is 18.1. The number of imidazole rings is 1. The summed E-state index contributed by atoms with van der Waals surface area (Å²) in [6.45, 7) is 3.00. The highest BCUT2D eigenvalue weighted by Gasteiger charge is 2.23. The van der Waals surface area contributed by atoms with Crippen molar-refractivity contribution in [3.05, 3.63) is 76.1 Å². The predicted molar refractivity (Wildman–Crippen MR) is 122 cm³/mol. The van der Waals surface area contributed by atoms with Crippen LogP contribution in [0.25, 0.3) is 33.5 Å². The van der Waals surface area contributed by atoms with E-state index in [4.69, 9.17) is 4.74 Å². The van der Waals surface area contributed by atoms with Gasteiger partial charge in [-0.05, 0) is 33.2 Å². The van der Waals surface area contributed by atoms with E-state index in [0.29, 0.717) is 30.2 Å². The van der Waals surface area contributed by atoms with Crippen molar-refractivity contribution >= 4 is 16.7 Å². The van der Waals surface area contributed by atoms with Crippen LogP contribution in [0.4, 0.5) is 10.1 Å². The van der Waals surface area contributed by atoms with Gasteiger partial charge in [-0.3, -0.25) is 10.1 Å². The minimum absolute atomic E-state index is 0.0756. The van der Waals surface area contributed by atoms with Crippen molar-refractivity contribution < 1.29 is 14.1 Å². The number of halogens is 1. The number of ether oxygens (including phenoxy) is 1. The number of H-pyrrole nitrogens is 1. The van der Waals surface area contributed by atoms with Gasteiger partial charge in [0.15, 0.2) is 5.82 Å². The summed E-state index contributed by atoms with van der Waals surface area (Å²) in [5.74, 6) is 0.252. The van der Waals surface area contributed by atoms with E-state index >= 15 is 4.39 Å². The van der Waals surface area contributed by atoms with Crippen molar-refractivity contribution in [1.82, 2.24) is 14.9 Å². The van der Waals surface area contributed by atoms with Gasteiger partial charge in [-0.25, -0.2) is 9.37 Å². The van der Waals surface area contributed by atoms with Crippen LogP contribution in [0.5, 0.6) is 5.75 Å². The molecule has 0 aliphatic rings. The third-order valence-corrected chi connectivity index (χ3v) is 5.18. The molecule has 4 rings (SSSR count). The molecule has 1 aromatic heterocycles. The molecule has 0 aliphatic carbocycles. The molecule has 3 aromatic carbocycles. The maximum absolute atomic E-state index is 15.7. The lowest BCUT2D eigenvalue weighted by atomic mass is 10.0. The van der Waals surface area contributed by atoms with Crippen LogP contribution in [0.2, 0.25) is 0 Å². The van der Waals surface area contributed by atoms with Crippen molar-refractivity contribution in [3.63, 3.8) is 0 Å². The third-order valence-electron chi connectivity index (χ3n) is 5.18. The minimum Gasteiger partial charge on any atom is -0.490 e. The van der Waals surface area contributed by atoms with E-state index in [1.807, 2.05) is 50.2 Å². The van der Waals surface area contributed by atoms with E-state index in [-0.39, 0.29) is 22.3 Å². The van der Waals surface area contributed by atoms with Crippen LogP contribution < -0.4 is 4.74 Å². The Hall–Kier alpha value is -3.78. The summed E-state index contributed by atoms with van der Waals surface area (Å²) in [4.78, 5) is 20.6. The quantitative estimate of drug-likeness (QED) is 0.320. The number of hydrogen-bond acceptors (Lipinski definition) is 5. The predicted octanol–water partition coefficient (Wildman–Crippen LogP) is 5.19. The molecule has 7 nitrogen and oxygen atoms in total. The summed E-state index contributed by atoms with van der Waals surface area (Å²) in [5, 5.41) is 11.5. The molecule has 32 heavy (non-hydrogen) atoms. The van der Waals surface area contributed by atoms with Crippen LogP contribution in [-0.2, 0) is 0 Å². The molecule has 0 saturated heterocycles. The molecule has 0 bridgehead atoms. The Morgan fingerprint density at radius 1 is 1.12 bits per heavy atom. The van der Waals surface area contributed by atoms with Gasteiger partial charge in [0.1, 0.15) is 29.2 Å². The number of aryl methyl sites for hydroxylation is 1. The maximum Gasteiger partial charge on any atom is 0.277 e. The first-order chi connectivity index (χ1) is 15.3. The second-order valence-electron chi connectivity index (χ2n) is 7.84. The van der Waals surface area contributed by atoms with Gasteiger partial charge >= 0.3 is 0 Å². The van der Waals surface area contributed by atoms with Crippen LogP contribution in [0.15, 0.2) is 54.6 Å². The fraction of sp³-hybridized carbons (Fsp3) is 0.208. The zero-order valence-electron chi connectivity index (χ0n) is 18.1. The number of benzene rings is 3. The lowest BCUT2D eigenvalue weighted by Crippen LogP contribution is -2.19. The highest BCUT2D eigenvalue weighted by Crippen LogP contribution is 2.39. The molecular weight excluding hydrogens is 411 g/mol. The summed E-state index contributed by atoms with van der Waals surface area (Å²) in [7, 11) is 3.85. The Kier molecular flexibility index (Phi) is 5.87. The summed E-state index contributed by atoms with van der Waals surface area (Å²) >= 11 is 0. The number of nitro benzene ring substituents is 1. The van der Waals surface area contributed by atoms with Crippen molar-refractivity contribution in [1.29, 1.82) is 0 Å². The monoisotopic (exact) mass is 434 g/mol. The Morgan fingerprint density at radius 3 is 2.53 bits per heavy atom. The average molecular weight is 434 g/mol. The van der Waals surface area contributed by atoms with Crippen LogP contribution >= 0.6 is 0 Å². The number of likely N-dealkylation sites (N-methyl/N-ethyl adjacent to an activating group) is 1. The third kappa shape index (κ3) is 4.17. The number of aromatic amines is 1. The van der Waals surface area contributed by atoms with Gasteiger partial charge < -0.3 is 14.6 Å². The zero-order chi connectivity index (χ0) is 22.8. The van der Waals surface area contributed by atoms with E-state index in [1.165, 1.54) is 18.2 Å². The summed E-state index contributed by atoms with van der Waals surface area (Å²) in [6, 6.07) is 15.3. The number of nitrogens with zero attached hydrogens (tertiary/aromatic N) is 3. The van der Waals surface area contributed by atoms with Gasteiger partial charge in [0.05, 0.1) is 10.5 Å². The van der Waals surface area contributed by atoms with Crippen molar-refractivity contribution in [3.8, 4) is 28.3 Å². The number of hydrogen-bond donors (Lipinski definition) is 1. The normalized spacial score (nSPS) is 11.3. The maximum atomic E-state index is 15.7. The van der Waals surface area contributed by atoms with E-state index in [9.17, 15) is 10.1 Å². The Balaban J connectivity index is 1.91. The standard InChI is InChI=1S/C24H23FN4O3/c1-15-8-10-16(11-9-15)24-26-22-20(32-13-12-28(2)3)14-18(21(25)23(22)27-24)17-6-4-5-7-19(17)29(30)31/h4-11,14H,12-13H2,1-3H3,(H,26,27). The number of aromatic nitrogens is 2. The SMILES string of the molecule is Cc1ccc(-c2nc3c(F)c(-c4ccccc4[N+](=O)[O-])cc(OCCN(C)C)c3[nH]2)cc1. The fourth-order valence-corrected chi connectivity index (χ4v) is 3.46. The molecule has 1 heterocycles. The van der Waals surface area contributed by atoms with E-state index in [2.05, 4.69) is 9.97 Å². The van der Waals surface area contributed by atoms with Gasteiger partial charge in [-0.1, -0.05) is 42.0 Å². The highest BCUT2D eigenvalue weighted by molar-refractivity contribution is 5.92. The molecule has 1 N–H and O–H groups in total. The van der Waals surface area contributed by atoms with E-state index < -0.39 is 10.7 Å². The first-order valence-electron chi connectivity index (χ1n) is 10.2. The molecule has 0 unspecified atom stereocenters. The van der Waals surface area contributed by atoms with Gasteiger partial charge in [-0.2, -0.15) is 0 Å². The van der Waals surface area contributed by atoms with Crippen molar-refractivity contribution in [2.45, 2.75) is 6.92 Å². The molecule has 0 saturated carbocycles. The van der Waals surface area contributed by atoms with E-state index in [0.717, 1.165) is 11.1 Å². The number of nitrogens with one attached hydrogen (secondary N) is 1. The highest BCUT2D eigenvalue weighted by atomic mass is 19.1. The number of para-hydroxylation sites is 1. The molecule has 0 spiro atoms. The number of fused-ring (bicyclic) bond motifs is 1. The van der Waals surface area contributed by atoms with Crippen LogP contribution in [0, 0.1) is 22.9 Å². The molecular formula is C24H23FN4O3. The molecule has 0 aliphatic heterocycles. The molecule has 0 atom stereocenters. The van der Waals surface area contributed by atoms with Crippen LogP contribution in [-0.4, -0.2) is 47.0 Å². The van der Waals surface area contributed by atoms with Crippen molar-refractivity contribution in [2.24, 2.45) is 0 Å². The second kappa shape index (κ2) is 8.76. The topological polar surface area (TPSA) is 84.3 Å². The fourth-order valence-electron chi connectivity index (χ4n) is 3.46. The number of nitro groups is 1. The Labute approximate surface area is 184 Å². The van der Waals surface area contributed by atoms with Gasteiger partial charge in [0.25, 0.3) is 5.69 Å². The summed E-state index contributed by atoms with van der Waals surface area (Å²) in [6.07, 6.45) is 0. The summed E-state index contributed by atoms with van der Waals surface area (Å²) in [5.41, 5.74) is 2.47. The first-order valence-corrected chi connectivity index (χ1v) is 10.2. The van der Waals surface area contributed by atoms with Gasteiger partial charge in [-0.15, -0.1) is 0 Å². The number of rotatable bonds is 7. The Bertz CT molecular complexity index is 1280. The first kappa shape index (κ1) is 21.5. The molecule has 8 heteroatoms. The minimum atomic E-state index is -0.635. The Morgan fingerprint density at radius 2 is 1.84 bits per heavy atom. The molecule has 0 fully saturated rings. The largest absolute Gasteiger partial charge is 0.490 e. The second-order valence-corrected chi connectivity index (χ2v) is 7.84. The molecule has 0 radical (unpaired) electrons. The average Bonchev–Trinajstić information content (AvgIpc) is 3.22. The van der Waals surface area contributed by atoms with Crippen LogP contribution in [0.3, 0.4) is 0 Å². The molecule has 4 aromatic rings. The van der Waals surface area contributed by atoms with E-state index in [1.54, 1.807) is 12.1 Å². The lowest BCUT2D eigenvalue weighted by molar-refractivity contribution is -0.384.